The largest absolute Gasteiger partial charge is 0.494 e. The van der Waals surface area contributed by atoms with E-state index in [0.717, 1.165) is 47.6 Å². The molecule has 1 aromatic heterocycles. The number of aromatic nitrogens is 2. The lowest BCUT2D eigenvalue weighted by Crippen LogP contribution is -2.04. The second-order valence-electron chi connectivity index (χ2n) is 7.86. The normalized spacial score (nSPS) is 10.9. The Labute approximate surface area is 194 Å². The monoisotopic (exact) mass is 446 g/mol. The van der Waals surface area contributed by atoms with Crippen molar-refractivity contribution in [3.63, 3.8) is 0 Å². The van der Waals surface area contributed by atoms with Crippen LogP contribution in [0.3, 0.4) is 0 Å². The van der Waals surface area contributed by atoms with Crippen molar-refractivity contribution in [2.45, 2.75) is 26.3 Å². The molecule has 6 heteroatoms. The first-order valence-corrected chi connectivity index (χ1v) is 11.1. The summed E-state index contributed by atoms with van der Waals surface area (Å²) in [7, 11) is 4.85. The molecule has 0 saturated heterocycles. The Morgan fingerprint density at radius 3 is 2.27 bits per heavy atom. The van der Waals surface area contributed by atoms with E-state index in [1.807, 2.05) is 42.5 Å². The zero-order chi connectivity index (χ0) is 23.2. The van der Waals surface area contributed by atoms with E-state index >= 15 is 0 Å². The van der Waals surface area contributed by atoms with Crippen molar-refractivity contribution in [1.82, 2.24) is 9.55 Å². The van der Waals surface area contributed by atoms with Gasteiger partial charge in [0.25, 0.3) is 0 Å². The van der Waals surface area contributed by atoms with Crippen molar-refractivity contribution < 1.29 is 18.9 Å². The number of hydrogen-bond donors (Lipinski definition) is 0. The molecule has 0 unspecified atom stereocenters. The van der Waals surface area contributed by atoms with E-state index < -0.39 is 0 Å². The fourth-order valence-corrected chi connectivity index (χ4v) is 4.00. The maximum Gasteiger partial charge on any atom is 0.203 e. The highest BCUT2D eigenvalue weighted by molar-refractivity contribution is 5.81. The van der Waals surface area contributed by atoms with E-state index in [0.29, 0.717) is 23.9 Å². The van der Waals surface area contributed by atoms with E-state index in [4.69, 9.17) is 23.9 Å². The summed E-state index contributed by atoms with van der Waals surface area (Å²) < 4.78 is 24.8. The number of rotatable bonds is 10. The number of hydrogen-bond acceptors (Lipinski definition) is 5. The lowest BCUT2D eigenvalue weighted by atomic mass is 10.1. The molecule has 0 aliphatic rings. The fourth-order valence-electron chi connectivity index (χ4n) is 4.00. The third kappa shape index (κ3) is 4.90. The van der Waals surface area contributed by atoms with Crippen molar-refractivity contribution in [2.75, 3.05) is 27.9 Å². The highest BCUT2D eigenvalue weighted by atomic mass is 16.5. The average Bonchev–Trinajstić information content (AvgIpc) is 3.21. The highest BCUT2D eigenvalue weighted by Crippen LogP contribution is 2.41. The van der Waals surface area contributed by atoms with Crippen LogP contribution in [0.2, 0.25) is 0 Å². The SMILES string of the molecule is COc1cc(-c2nc3ccccc3n2CCCCOc2cccc(C)c2)cc(OC)c1OC. The standard InChI is InChI=1S/C27H30N2O4/c1-19-10-9-11-21(16-19)33-15-8-7-14-29-23-13-6-5-12-22(23)28-27(29)20-17-24(30-2)26(32-4)25(18-20)31-3/h5-6,9-13,16-18H,7-8,14-15H2,1-4H3. The Balaban J connectivity index is 1.57. The maximum atomic E-state index is 5.92. The zero-order valence-electron chi connectivity index (χ0n) is 19.6. The Bertz CT molecular complexity index is 1210. The van der Waals surface area contributed by atoms with Crippen LogP contribution in [-0.2, 0) is 6.54 Å². The molecule has 0 aliphatic heterocycles. The van der Waals surface area contributed by atoms with Crippen LogP contribution in [0.15, 0.2) is 60.7 Å². The van der Waals surface area contributed by atoms with Crippen molar-refractivity contribution in [3.05, 3.63) is 66.2 Å². The van der Waals surface area contributed by atoms with Gasteiger partial charge in [0.05, 0.1) is 39.0 Å². The number of para-hydroxylation sites is 2. The van der Waals surface area contributed by atoms with E-state index in [2.05, 4.69) is 29.7 Å². The first-order valence-electron chi connectivity index (χ1n) is 11.1. The van der Waals surface area contributed by atoms with E-state index in [9.17, 15) is 0 Å². The number of ether oxygens (including phenoxy) is 4. The molecule has 3 aromatic carbocycles. The quantitative estimate of drug-likeness (QED) is 0.284. The van der Waals surface area contributed by atoms with Gasteiger partial charge in [0.15, 0.2) is 11.5 Å². The minimum atomic E-state index is 0.569. The molecular weight excluding hydrogens is 416 g/mol. The van der Waals surface area contributed by atoms with Crippen molar-refractivity contribution in [2.24, 2.45) is 0 Å². The molecule has 4 rings (SSSR count). The Hall–Kier alpha value is -3.67. The average molecular weight is 447 g/mol. The third-order valence-electron chi connectivity index (χ3n) is 5.61. The first-order chi connectivity index (χ1) is 16.1. The lowest BCUT2D eigenvalue weighted by molar-refractivity contribution is 0.303. The number of nitrogens with zero attached hydrogens (tertiary/aromatic N) is 2. The van der Waals surface area contributed by atoms with Gasteiger partial charge >= 0.3 is 0 Å². The predicted octanol–water partition coefficient (Wildman–Crippen LogP) is 5.90. The van der Waals surface area contributed by atoms with Crippen LogP contribution in [0.1, 0.15) is 18.4 Å². The summed E-state index contributed by atoms with van der Waals surface area (Å²) in [4.78, 5) is 4.93. The summed E-state index contributed by atoms with van der Waals surface area (Å²) >= 11 is 0. The van der Waals surface area contributed by atoms with Crippen LogP contribution in [0.5, 0.6) is 23.0 Å². The van der Waals surface area contributed by atoms with Gasteiger partial charge in [-0.1, -0.05) is 24.3 Å². The van der Waals surface area contributed by atoms with E-state index in [-0.39, 0.29) is 0 Å². The summed E-state index contributed by atoms with van der Waals surface area (Å²) in [6, 6.07) is 20.2. The third-order valence-corrected chi connectivity index (χ3v) is 5.61. The van der Waals surface area contributed by atoms with Gasteiger partial charge in [0, 0.05) is 12.1 Å². The number of imidazole rings is 1. The second kappa shape index (κ2) is 10.3. The zero-order valence-corrected chi connectivity index (χ0v) is 19.6. The topological polar surface area (TPSA) is 54.7 Å². The van der Waals surface area contributed by atoms with Gasteiger partial charge < -0.3 is 23.5 Å². The number of aryl methyl sites for hydroxylation is 2. The maximum absolute atomic E-state index is 5.92. The number of methoxy groups -OCH3 is 3. The highest BCUT2D eigenvalue weighted by Gasteiger charge is 2.18. The van der Waals surface area contributed by atoms with Gasteiger partial charge in [-0.15, -0.1) is 0 Å². The molecule has 172 valence electrons. The van der Waals surface area contributed by atoms with E-state index in [1.54, 1.807) is 21.3 Å². The molecule has 4 aromatic rings. The lowest BCUT2D eigenvalue weighted by Gasteiger charge is -2.15. The second-order valence-corrected chi connectivity index (χ2v) is 7.86. The first kappa shape index (κ1) is 22.5. The molecule has 0 N–H and O–H groups in total. The van der Waals surface area contributed by atoms with Gasteiger partial charge in [-0.3, -0.25) is 0 Å². The molecule has 0 amide bonds. The Morgan fingerprint density at radius 1 is 0.818 bits per heavy atom. The molecule has 0 aliphatic carbocycles. The van der Waals surface area contributed by atoms with Crippen LogP contribution in [-0.4, -0.2) is 37.5 Å². The van der Waals surface area contributed by atoms with Crippen LogP contribution < -0.4 is 18.9 Å². The molecule has 6 nitrogen and oxygen atoms in total. The number of fused-ring (bicyclic) bond motifs is 1. The van der Waals surface area contributed by atoms with Crippen molar-refractivity contribution >= 4 is 11.0 Å². The summed E-state index contributed by atoms with van der Waals surface area (Å²) in [5.74, 6) is 3.57. The molecule has 0 saturated carbocycles. The molecule has 0 fully saturated rings. The smallest absolute Gasteiger partial charge is 0.203 e. The van der Waals surface area contributed by atoms with E-state index in [1.165, 1.54) is 5.56 Å². The van der Waals surface area contributed by atoms with Crippen molar-refractivity contribution in [1.29, 1.82) is 0 Å². The van der Waals surface area contributed by atoms with Gasteiger partial charge in [-0.2, -0.15) is 0 Å². The summed E-state index contributed by atoms with van der Waals surface area (Å²) in [5, 5.41) is 0. The van der Waals surface area contributed by atoms with Gasteiger partial charge in [0.1, 0.15) is 11.6 Å². The molecule has 0 radical (unpaired) electrons. The van der Waals surface area contributed by atoms with Crippen molar-refractivity contribution in [3.8, 4) is 34.4 Å². The summed E-state index contributed by atoms with van der Waals surface area (Å²) in [6.45, 7) is 3.57. The molecular formula is C27H30N2O4. The summed E-state index contributed by atoms with van der Waals surface area (Å²) in [5.41, 5.74) is 4.17. The Morgan fingerprint density at radius 2 is 1.58 bits per heavy atom. The van der Waals surface area contributed by atoms with Crippen LogP contribution in [0, 0.1) is 6.92 Å². The van der Waals surface area contributed by atoms with Crippen LogP contribution in [0.4, 0.5) is 0 Å². The number of unbranched alkanes of at least 4 members (excludes halogenated alkanes) is 1. The van der Waals surface area contributed by atoms with Gasteiger partial charge in [0.2, 0.25) is 5.75 Å². The minimum Gasteiger partial charge on any atom is -0.494 e. The van der Waals surface area contributed by atoms with Crippen LogP contribution >= 0.6 is 0 Å². The molecule has 1 heterocycles. The predicted molar refractivity (Wildman–Crippen MR) is 131 cm³/mol. The minimum absolute atomic E-state index is 0.569. The summed E-state index contributed by atoms with van der Waals surface area (Å²) in [6.07, 6.45) is 1.90. The molecule has 0 bridgehead atoms. The van der Waals surface area contributed by atoms with Gasteiger partial charge in [-0.05, 0) is 61.7 Å². The molecule has 0 spiro atoms. The molecule has 33 heavy (non-hydrogen) atoms. The van der Waals surface area contributed by atoms with Gasteiger partial charge in [-0.25, -0.2) is 4.98 Å². The van der Waals surface area contributed by atoms with Crippen LogP contribution in [0.25, 0.3) is 22.4 Å². The Kier molecular flexibility index (Phi) is 7.03. The number of benzene rings is 3. The fraction of sp³-hybridized carbons (Fsp3) is 0.296. The molecule has 0 atom stereocenters.